The number of hydrogen-bond acceptors (Lipinski definition) is 4. The highest BCUT2D eigenvalue weighted by Gasteiger charge is 2.23. The molecule has 3 aromatic carbocycles. The number of benzene rings is 3. The zero-order valence-corrected chi connectivity index (χ0v) is 18.6. The van der Waals surface area contributed by atoms with Crippen molar-refractivity contribution in [2.24, 2.45) is 0 Å². The summed E-state index contributed by atoms with van der Waals surface area (Å²) in [6, 6.07) is 25.9. The Hall–Kier alpha value is -3.57. The van der Waals surface area contributed by atoms with Crippen LogP contribution in [0, 0.1) is 0 Å². The molecule has 1 heterocycles. The highest BCUT2D eigenvalue weighted by molar-refractivity contribution is 6.02. The van der Waals surface area contributed by atoms with Crippen molar-refractivity contribution in [2.45, 2.75) is 12.5 Å². The van der Waals surface area contributed by atoms with Gasteiger partial charge < -0.3 is 19.9 Å². The zero-order valence-electron chi connectivity index (χ0n) is 18.6. The topological polar surface area (TPSA) is 44.8 Å². The van der Waals surface area contributed by atoms with Gasteiger partial charge in [-0.05, 0) is 80.7 Å². The molecule has 1 N–H and O–H groups in total. The Labute approximate surface area is 189 Å². The van der Waals surface area contributed by atoms with Gasteiger partial charge in [-0.1, -0.05) is 30.3 Å². The number of hydrogen-bond donors (Lipinski definition) is 1. The second kappa shape index (κ2) is 10.2. The van der Waals surface area contributed by atoms with Gasteiger partial charge in [-0.3, -0.25) is 4.79 Å². The summed E-state index contributed by atoms with van der Waals surface area (Å²) in [5.74, 6) is 1.34. The van der Waals surface area contributed by atoms with Crippen molar-refractivity contribution in [1.29, 1.82) is 0 Å². The molecule has 164 valence electrons. The second-order valence-electron chi connectivity index (χ2n) is 8.21. The third-order valence-corrected chi connectivity index (χ3v) is 5.66. The van der Waals surface area contributed by atoms with Crippen molar-refractivity contribution in [2.75, 3.05) is 37.4 Å². The van der Waals surface area contributed by atoms with Crippen LogP contribution in [-0.2, 0) is 4.79 Å². The number of rotatable bonds is 7. The fourth-order valence-electron chi connectivity index (χ4n) is 3.82. The van der Waals surface area contributed by atoms with Crippen LogP contribution in [0.5, 0.6) is 11.5 Å². The minimum Gasteiger partial charge on any atom is -0.457 e. The fraction of sp³-hybridized carbons (Fsp3) is 0.222. The molecule has 0 aliphatic carbocycles. The molecule has 1 saturated heterocycles. The van der Waals surface area contributed by atoms with Gasteiger partial charge >= 0.3 is 0 Å². The Morgan fingerprint density at radius 1 is 1.00 bits per heavy atom. The molecule has 32 heavy (non-hydrogen) atoms. The van der Waals surface area contributed by atoms with Crippen LogP contribution in [-0.4, -0.2) is 44.0 Å². The average molecular weight is 428 g/mol. The lowest BCUT2D eigenvalue weighted by Gasteiger charge is -2.22. The maximum absolute atomic E-state index is 12.4. The van der Waals surface area contributed by atoms with Crippen molar-refractivity contribution in [3.63, 3.8) is 0 Å². The number of carbonyl (C=O) groups excluding carboxylic acids is 1. The molecule has 0 radical (unpaired) electrons. The van der Waals surface area contributed by atoms with Crippen LogP contribution in [0.25, 0.3) is 6.08 Å². The van der Waals surface area contributed by atoms with Crippen molar-refractivity contribution < 1.29 is 9.53 Å². The second-order valence-corrected chi connectivity index (χ2v) is 8.21. The van der Waals surface area contributed by atoms with Crippen molar-refractivity contribution in [3.05, 3.63) is 90.5 Å². The summed E-state index contributed by atoms with van der Waals surface area (Å²) in [6.07, 6.45) is 4.50. The summed E-state index contributed by atoms with van der Waals surface area (Å²) in [4.78, 5) is 17.0. The van der Waals surface area contributed by atoms with Gasteiger partial charge in [-0.25, -0.2) is 0 Å². The smallest absolute Gasteiger partial charge is 0.248 e. The molecule has 0 saturated carbocycles. The first kappa shape index (κ1) is 21.7. The predicted octanol–water partition coefficient (Wildman–Crippen LogP) is 5.27. The van der Waals surface area contributed by atoms with E-state index in [2.05, 4.69) is 41.3 Å². The number of para-hydroxylation sites is 1. The van der Waals surface area contributed by atoms with E-state index >= 15 is 0 Å². The quantitative estimate of drug-likeness (QED) is 0.522. The van der Waals surface area contributed by atoms with Crippen LogP contribution in [0.1, 0.15) is 12.0 Å². The Kier molecular flexibility index (Phi) is 6.87. The Bertz CT molecular complexity index is 1060. The molecule has 1 atom stereocenters. The van der Waals surface area contributed by atoms with Crippen LogP contribution in [0.2, 0.25) is 0 Å². The summed E-state index contributed by atoms with van der Waals surface area (Å²) in [5.41, 5.74) is 2.87. The molecule has 1 unspecified atom stereocenters. The van der Waals surface area contributed by atoms with Crippen LogP contribution in [0.3, 0.4) is 0 Å². The van der Waals surface area contributed by atoms with Gasteiger partial charge in [0.15, 0.2) is 0 Å². The largest absolute Gasteiger partial charge is 0.457 e. The Morgan fingerprint density at radius 3 is 2.47 bits per heavy atom. The van der Waals surface area contributed by atoms with E-state index in [4.69, 9.17) is 4.74 Å². The van der Waals surface area contributed by atoms with Gasteiger partial charge in [0.25, 0.3) is 0 Å². The average Bonchev–Trinajstić information content (AvgIpc) is 3.30. The van der Waals surface area contributed by atoms with Gasteiger partial charge in [-0.15, -0.1) is 0 Å². The number of ether oxygens (including phenoxy) is 1. The molecule has 1 fully saturated rings. The van der Waals surface area contributed by atoms with E-state index in [-0.39, 0.29) is 5.91 Å². The number of nitrogens with one attached hydrogen (secondary N) is 1. The summed E-state index contributed by atoms with van der Waals surface area (Å²) in [5, 5.41) is 2.93. The molecule has 0 spiro atoms. The summed E-state index contributed by atoms with van der Waals surface area (Å²) >= 11 is 0. The van der Waals surface area contributed by atoms with E-state index in [1.54, 1.807) is 6.08 Å². The molecule has 5 heteroatoms. The lowest BCUT2D eigenvalue weighted by molar-refractivity contribution is -0.111. The monoisotopic (exact) mass is 427 g/mol. The van der Waals surface area contributed by atoms with Crippen LogP contribution < -0.4 is 15.0 Å². The van der Waals surface area contributed by atoms with Gasteiger partial charge in [0.1, 0.15) is 11.5 Å². The standard InChI is InChI=1S/C27H29N3O2/c1-29(2)24-17-18-30(20-24)23-14-12-22(13-15-23)28-27(31)16-11-21-7-6-10-26(19-21)32-25-8-4-3-5-9-25/h3-16,19,24H,17-18,20H2,1-2H3,(H,28,31). The summed E-state index contributed by atoms with van der Waals surface area (Å²) in [6.45, 7) is 2.10. The number of amides is 1. The molecule has 0 aromatic heterocycles. The number of likely N-dealkylation sites (N-methyl/N-ethyl adjacent to an activating group) is 1. The van der Waals surface area contributed by atoms with Gasteiger partial charge in [-0.2, -0.15) is 0 Å². The first-order valence-electron chi connectivity index (χ1n) is 10.9. The third-order valence-electron chi connectivity index (χ3n) is 5.66. The molecule has 1 aliphatic heterocycles. The van der Waals surface area contributed by atoms with Gasteiger partial charge in [0.2, 0.25) is 5.91 Å². The van der Waals surface area contributed by atoms with E-state index < -0.39 is 0 Å². The van der Waals surface area contributed by atoms with Crippen molar-refractivity contribution in [1.82, 2.24) is 4.90 Å². The zero-order chi connectivity index (χ0) is 22.3. The molecule has 1 aliphatic rings. The highest BCUT2D eigenvalue weighted by Crippen LogP contribution is 2.24. The first-order chi connectivity index (χ1) is 15.6. The molecule has 1 amide bonds. The van der Waals surface area contributed by atoms with E-state index in [0.29, 0.717) is 6.04 Å². The van der Waals surface area contributed by atoms with E-state index in [0.717, 1.165) is 35.8 Å². The van der Waals surface area contributed by atoms with Crippen molar-refractivity contribution >= 4 is 23.4 Å². The van der Waals surface area contributed by atoms with E-state index in [1.165, 1.54) is 18.2 Å². The molecule has 3 aromatic rings. The normalized spacial score (nSPS) is 16.0. The molecule has 4 rings (SSSR count). The third kappa shape index (κ3) is 5.77. The lowest BCUT2D eigenvalue weighted by atomic mass is 10.2. The Morgan fingerprint density at radius 2 is 1.75 bits per heavy atom. The molecule has 0 bridgehead atoms. The van der Waals surface area contributed by atoms with Gasteiger partial charge in [0, 0.05) is 36.6 Å². The maximum Gasteiger partial charge on any atom is 0.248 e. The van der Waals surface area contributed by atoms with Gasteiger partial charge in [0.05, 0.1) is 0 Å². The molecular formula is C27H29N3O2. The lowest BCUT2D eigenvalue weighted by Crippen LogP contribution is -2.31. The predicted molar refractivity (Wildman–Crippen MR) is 131 cm³/mol. The molecule has 5 nitrogen and oxygen atoms in total. The van der Waals surface area contributed by atoms with Crippen LogP contribution in [0.4, 0.5) is 11.4 Å². The summed E-state index contributed by atoms with van der Waals surface area (Å²) < 4.78 is 5.85. The minimum absolute atomic E-state index is 0.166. The number of anilines is 2. The van der Waals surface area contributed by atoms with E-state index in [9.17, 15) is 4.79 Å². The SMILES string of the molecule is CN(C)C1CCN(c2ccc(NC(=O)C=Cc3cccc(Oc4ccccc4)c3)cc2)C1. The maximum atomic E-state index is 12.4. The summed E-state index contributed by atoms with van der Waals surface area (Å²) in [7, 11) is 4.26. The minimum atomic E-state index is -0.166. The Balaban J connectivity index is 1.32. The number of nitrogens with zero attached hydrogens (tertiary/aromatic N) is 2. The van der Waals surface area contributed by atoms with Crippen LogP contribution >= 0.6 is 0 Å². The first-order valence-corrected chi connectivity index (χ1v) is 10.9. The van der Waals surface area contributed by atoms with Crippen molar-refractivity contribution in [3.8, 4) is 11.5 Å². The highest BCUT2D eigenvalue weighted by atomic mass is 16.5. The fourth-order valence-corrected chi connectivity index (χ4v) is 3.82. The molecular weight excluding hydrogens is 398 g/mol. The van der Waals surface area contributed by atoms with Crippen LogP contribution in [0.15, 0.2) is 84.9 Å². The number of carbonyl (C=O) groups is 1. The van der Waals surface area contributed by atoms with E-state index in [1.807, 2.05) is 66.7 Å².